The zero-order valence-corrected chi connectivity index (χ0v) is 37.1. The van der Waals surface area contributed by atoms with Crippen LogP contribution in [0.15, 0.2) is 121 Å². The van der Waals surface area contributed by atoms with Crippen LogP contribution in [0.25, 0.3) is 9.30 Å². The Morgan fingerprint density at radius 2 is 0.500 bits per heavy atom. The minimum atomic E-state index is -1.55. The summed E-state index contributed by atoms with van der Waals surface area (Å²) in [7, 11) is -6.19. The van der Waals surface area contributed by atoms with Crippen LogP contribution in [0.4, 0.5) is 0 Å². The molecule has 4 aromatic carbocycles. The van der Waals surface area contributed by atoms with Crippen molar-refractivity contribution in [2.24, 2.45) is 0 Å². The van der Waals surface area contributed by atoms with Gasteiger partial charge in [0.1, 0.15) is 0 Å². The Morgan fingerprint density at radius 1 is 0.341 bits per heavy atom. The summed E-state index contributed by atoms with van der Waals surface area (Å²) < 4.78 is 10.8. The summed E-state index contributed by atoms with van der Waals surface area (Å²) in [6.07, 6.45) is 0. The minimum Gasteiger partial charge on any atom is -0.667 e. The molecule has 0 radical (unpaired) electrons. The third-order valence-corrected chi connectivity index (χ3v) is 21.9. The van der Waals surface area contributed by atoms with E-state index >= 15 is 0 Å². The van der Waals surface area contributed by atoms with Gasteiger partial charge < -0.3 is 9.30 Å². The van der Waals surface area contributed by atoms with Gasteiger partial charge in [0.15, 0.2) is 0 Å². The summed E-state index contributed by atoms with van der Waals surface area (Å²) in [5.74, 6) is 0. The van der Waals surface area contributed by atoms with Gasteiger partial charge in [-0.1, -0.05) is 253 Å². The van der Waals surface area contributed by atoms with Crippen LogP contribution in [0.2, 0.25) is 52.4 Å². The first-order valence-electron chi connectivity index (χ1n) is 15.4. The average molecular weight is 850 g/mol. The first-order chi connectivity index (χ1) is 19.7. The van der Waals surface area contributed by atoms with Crippen molar-refractivity contribution in [3.63, 3.8) is 0 Å². The van der Waals surface area contributed by atoms with E-state index in [9.17, 15) is 0 Å². The van der Waals surface area contributed by atoms with E-state index < -0.39 is 32.9 Å². The molecular formula is C36H53BrN2NdSi4-2. The number of rotatable bonds is 12. The smallest absolute Gasteiger partial charge is 0 e. The summed E-state index contributed by atoms with van der Waals surface area (Å²) in [4.78, 5) is 0. The molecule has 0 amide bonds. The summed E-state index contributed by atoms with van der Waals surface area (Å²) in [5, 5.41) is 0. The third-order valence-electron chi connectivity index (χ3n) is 7.13. The maximum absolute atomic E-state index is 5.41. The van der Waals surface area contributed by atoms with Crippen LogP contribution in [-0.4, -0.2) is 32.9 Å². The first kappa shape index (κ1) is 41.5. The SMILES string of the molecule is Br.C[Si](C)(Cc1ccccc1)[N-][Si](C)(C)Cc1ccccc1.C[Si](C)(Cc1ccccc1)[N-][Si](C)(C)Cc1ccccc1.[Nd]. The zero-order chi connectivity index (χ0) is 30.7. The summed E-state index contributed by atoms with van der Waals surface area (Å²) in [5.41, 5.74) is 5.73. The number of benzene rings is 4. The second kappa shape index (κ2) is 19.4. The van der Waals surface area contributed by atoms with E-state index in [0.717, 1.165) is 24.2 Å². The van der Waals surface area contributed by atoms with Gasteiger partial charge in [-0.05, 0) is 0 Å². The summed E-state index contributed by atoms with van der Waals surface area (Å²) in [6.45, 7) is 19.2. The van der Waals surface area contributed by atoms with Gasteiger partial charge >= 0.3 is 0 Å². The number of hydrogen-bond acceptors (Lipinski definition) is 0. The van der Waals surface area contributed by atoms with Crippen molar-refractivity contribution in [3.8, 4) is 0 Å². The van der Waals surface area contributed by atoms with Crippen molar-refractivity contribution >= 4 is 49.9 Å². The monoisotopic (exact) mass is 846 g/mol. The normalized spacial score (nSPS) is 11.8. The van der Waals surface area contributed by atoms with E-state index in [1.54, 1.807) is 0 Å². The van der Waals surface area contributed by atoms with Crippen LogP contribution in [0.1, 0.15) is 22.3 Å². The molecule has 0 aromatic heterocycles. The van der Waals surface area contributed by atoms with Crippen molar-refractivity contribution in [2.45, 2.75) is 76.6 Å². The van der Waals surface area contributed by atoms with Crippen molar-refractivity contribution in [1.82, 2.24) is 0 Å². The van der Waals surface area contributed by atoms with E-state index in [0.29, 0.717) is 0 Å². The molecule has 2 nitrogen and oxygen atoms in total. The molecular weight excluding hydrogens is 797 g/mol. The molecule has 4 aromatic rings. The zero-order valence-electron chi connectivity index (χ0n) is 28.2. The molecule has 0 aliphatic rings. The largest absolute Gasteiger partial charge is 0.667 e. The predicted molar refractivity (Wildman–Crippen MR) is 208 cm³/mol. The van der Waals surface area contributed by atoms with Gasteiger partial charge in [0.25, 0.3) is 0 Å². The van der Waals surface area contributed by atoms with E-state index in [-0.39, 0.29) is 57.8 Å². The van der Waals surface area contributed by atoms with E-state index in [1.165, 1.54) is 22.3 Å². The molecule has 0 saturated heterocycles. The Morgan fingerprint density at radius 3 is 0.659 bits per heavy atom. The van der Waals surface area contributed by atoms with Crippen LogP contribution in [0, 0.1) is 40.8 Å². The molecule has 0 spiro atoms. The van der Waals surface area contributed by atoms with Gasteiger partial charge in [0.05, 0.1) is 0 Å². The van der Waals surface area contributed by atoms with E-state index in [1.807, 2.05) is 0 Å². The van der Waals surface area contributed by atoms with Crippen LogP contribution in [0.3, 0.4) is 0 Å². The third kappa shape index (κ3) is 16.9. The van der Waals surface area contributed by atoms with Crippen molar-refractivity contribution < 1.29 is 40.8 Å². The Labute approximate surface area is 316 Å². The predicted octanol–water partition coefficient (Wildman–Crippen LogP) is 11.2. The Balaban J connectivity index is 0.000000421. The fourth-order valence-electron chi connectivity index (χ4n) is 6.18. The first-order valence-corrected chi connectivity index (χ1v) is 28.0. The molecule has 0 N–H and O–H groups in total. The molecule has 0 fully saturated rings. The number of nitrogens with zero attached hydrogens (tertiary/aromatic N) is 2. The molecule has 0 saturated carbocycles. The average Bonchev–Trinajstić information content (AvgIpc) is 2.89. The Hall–Kier alpha value is -0.502. The fraction of sp³-hybridized carbons (Fsp3) is 0.333. The molecule has 0 aliphatic carbocycles. The van der Waals surface area contributed by atoms with Crippen LogP contribution >= 0.6 is 17.0 Å². The van der Waals surface area contributed by atoms with Crippen molar-refractivity contribution in [1.29, 1.82) is 0 Å². The molecule has 0 aliphatic heterocycles. The summed E-state index contributed by atoms with van der Waals surface area (Å²) in [6, 6.07) is 47.9. The van der Waals surface area contributed by atoms with Crippen LogP contribution in [-0.2, 0) is 24.2 Å². The van der Waals surface area contributed by atoms with Gasteiger partial charge in [-0.3, -0.25) is 0 Å². The maximum atomic E-state index is 5.41. The van der Waals surface area contributed by atoms with Gasteiger partial charge in [-0.25, -0.2) is 0 Å². The van der Waals surface area contributed by atoms with Gasteiger partial charge in [-0.15, -0.1) is 17.0 Å². The van der Waals surface area contributed by atoms with Crippen LogP contribution < -0.4 is 0 Å². The van der Waals surface area contributed by atoms with Gasteiger partial charge in [-0.2, -0.15) is 0 Å². The van der Waals surface area contributed by atoms with Crippen LogP contribution in [0.5, 0.6) is 0 Å². The Bertz CT molecular complexity index is 1120. The molecule has 0 bridgehead atoms. The van der Waals surface area contributed by atoms with E-state index in [4.69, 9.17) is 9.30 Å². The quantitative estimate of drug-likeness (QED) is 0.127. The van der Waals surface area contributed by atoms with Crippen molar-refractivity contribution in [2.75, 3.05) is 0 Å². The standard InChI is InChI=1S/2C18H26NSi2.BrH.Nd/c2*1-20(2,15-17-11-7-5-8-12-17)19-21(3,4)16-18-13-9-6-10-14-18;;/h2*5-14H,15-16H2,1-4H3;1H;/q2*-1;;. The number of hydrogen-bond donors (Lipinski definition) is 0. The molecule has 0 heterocycles. The minimum absolute atomic E-state index is 0. The van der Waals surface area contributed by atoms with Gasteiger partial charge in [0.2, 0.25) is 0 Å². The molecule has 236 valence electrons. The topological polar surface area (TPSA) is 28.2 Å². The maximum Gasteiger partial charge on any atom is 0 e. The molecule has 4 rings (SSSR count). The number of halogens is 1. The second-order valence-electron chi connectivity index (χ2n) is 14.1. The molecule has 8 heteroatoms. The summed E-state index contributed by atoms with van der Waals surface area (Å²) >= 11 is 0. The van der Waals surface area contributed by atoms with Gasteiger partial charge in [0, 0.05) is 40.8 Å². The molecule has 0 atom stereocenters. The Kier molecular flexibility index (Phi) is 18.3. The van der Waals surface area contributed by atoms with E-state index in [2.05, 4.69) is 174 Å². The fourth-order valence-corrected chi connectivity index (χ4v) is 25.5. The van der Waals surface area contributed by atoms with Crippen molar-refractivity contribution in [3.05, 3.63) is 153 Å². The molecule has 44 heavy (non-hydrogen) atoms. The second-order valence-corrected chi connectivity index (χ2v) is 31.8. The molecule has 0 unspecified atom stereocenters.